The molecule has 3 heteroatoms. The Labute approximate surface area is 117 Å². The van der Waals surface area contributed by atoms with Crippen LogP contribution in [0.5, 0.6) is 0 Å². The molecule has 0 fully saturated rings. The minimum atomic E-state index is -0.206. The van der Waals surface area contributed by atoms with Crippen molar-refractivity contribution in [2.75, 3.05) is 0 Å². The van der Waals surface area contributed by atoms with Gasteiger partial charge in [-0.15, -0.1) is 0 Å². The average molecular weight is 276 g/mol. The minimum absolute atomic E-state index is 0.206. The number of halogens is 2. The Morgan fingerprint density at radius 3 is 2.28 bits per heavy atom. The Balaban J connectivity index is 2.23. The second-order valence-electron chi connectivity index (χ2n) is 4.03. The second-order valence-corrected chi connectivity index (χ2v) is 4.87. The summed E-state index contributed by atoms with van der Waals surface area (Å²) in [6.45, 7) is 0. The quantitative estimate of drug-likeness (QED) is 0.786. The first-order chi connectivity index (χ1) is 8.70. The summed E-state index contributed by atoms with van der Waals surface area (Å²) in [4.78, 5) is 0. The van der Waals surface area contributed by atoms with Crippen molar-refractivity contribution in [1.82, 2.24) is 0 Å². The van der Waals surface area contributed by atoms with Gasteiger partial charge in [0.1, 0.15) is 0 Å². The van der Waals surface area contributed by atoms with Crippen LogP contribution in [-0.4, -0.2) is 0 Å². The van der Waals surface area contributed by atoms with Gasteiger partial charge in [-0.1, -0.05) is 53.5 Å². The van der Waals surface area contributed by atoms with Crippen LogP contribution >= 0.6 is 23.2 Å². The van der Waals surface area contributed by atoms with E-state index < -0.39 is 0 Å². The van der Waals surface area contributed by atoms with Crippen molar-refractivity contribution in [3.8, 4) is 6.07 Å². The molecule has 0 bridgehead atoms. The normalized spacial score (nSPS) is 11.8. The van der Waals surface area contributed by atoms with Crippen molar-refractivity contribution in [2.45, 2.75) is 12.3 Å². The zero-order chi connectivity index (χ0) is 13.0. The molecule has 0 aliphatic heterocycles. The number of benzene rings is 2. The summed E-state index contributed by atoms with van der Waals surface area (Å²) in [7, 11) is 0. The molecule has 0 heterocycles. The van der Waals surface area contributed by atoms with E-state index in [1.807, 2.05) is 36.4 Å². The van der Waals surface area contributed by atoms with Crippen molar-refractivity contribution in [3.63, 3.8) is 0 Å². The van der Waals surface area contributed by atoms with E-state index in [2.05, 4.69) is 6.07 Å². The van der Waals surface area contributed by atoms with Gasteiger partial charge in [-0.25, -0.2) is 0 Å². The van der Waals surface area contributed by atoms with Gasteiger partial charge in [-0.3, -0.25) is 0 Å². The Bertz CT molecular complexity index is 570. The molecule has 2 rings (SSSR count). The van der Waals surface area contributed by atoms with Crippen LogP contribution in [0.25, 0.3) is 0 Å². The van der Waals surface area contributed by atoms with Crippen molar-refractivity contribution < 1.29 is 0 Å². The lowest BCUT2D eigenvalue weighted by atomic mass is 9.93. The van der Waals surface area contributed by atoms with Crippen LogP contribution in [-0.2, 0) is 6.42 Å². The predicted octanol–water partition coefficient (Wildman–Crippen LogP) is 4.84. The Morgan fingerprint density at radius 1 is 1.00 bits per heavy atom. The maximum atomic E-state index is 9.27. The molecule has 0 saturated carbocycles. The Kier molecular flexibility index (Phi) is 4.25. The highest BCUT2D eigenvalue weighted by molar-refractivity contribution is 6.31. The molecule has 0 aliphatic carbocycles. The molecule has 0 aliphatic rings. The smallest absolute Gasteiger partial charge is 0.0753 e. The van der Waals surface area contributed by atoms with Crippen LogP contribution in [0.4, 0.5) is 0 Å². The van der Waals surface area contributed by atoms with Gasteiger partial charge < -0.3 is 0 Å². The zero-order valence-electron chi connectivity index (χ0n) is 9.61. The van der Waals surface area contributed by atoms with E-state index in [0.717, 1.165) is 11.1 Å². The van der Waals surface area contributed by atoms with E-state index in [4.69, 9.17) is 23.2 Å². The van der Waals surface area contributed by atoms with Gasteiger partial charge >= 0.3 is 0 Å². The minimum Gasteiger partial charge on any atom is -0.198 e. The molecule has 0 radical (unpaired) electrons. The molecule has 90 valence electrons. The van der Waals surface area contributed by atoms with Crippen LogP contribution < -0.4 is 0 Å². The highest BCUT2D eigenvalue weighted by Crippen LogP contribution is 2.25. The van der Waals surface area contributed by atoms with Gasteiger partial charge in [0.2, 0.25) is 0 Å². The highest BCUT2D eigenvalue weighted by Gasteiger charge is 2.13. The molecule has 0 amide bonds. The first kappa shape index (κ1) is 13.0. The lowest BCUT2D eigenvalue weighted by Gasteiger charge is -2.10. The molecule has 0 aromatic heterocycles. The standard InChI is InChI=1S/C15H11Cl2N/c16-14-7-5-11(6-8-14)13(10-18)9-12-3-1-2-4-15(12)17/h1-8,13H,9H2/t13-/m0/s1. The van der Waals surface area contributed by atoms with E-state index in [1.54, 1.807) is 12.1 Å². The lowest BCUT2D eigenvalue weighted by molar-refractivity contribution is 0.849. The molecule has 0 spiro atoms. The van der Waals surface area contributed by atoms with E-state index >= 15 is 0 Å². The molecule has 2 aromatic rings. The SMILES string of the molecule is N#C[C@H](Cc1ccccc1Cl)c1ccc(Cl)cc1. The fourth-order valence-electron chi connectivity index (χ4n) is 1.82. The molecular formula is C15H11Cl2N. The van der Waals surface area contributed by atoms with E-state index in [9.17, 15) is 5.26 Å². The van der Waals surface area contributed by atoms with Crippen LogP contribution in [0, 0.1) is 11.3 Å². The van der Waals surface area contributed by atoms with Crippen molar-refractivity contribution >= 4 is 23.2 Å². The molecule has 18 heavy (non-hydrogen) atoms. The summed E-state index contributed by atoms with van der Waals surface area (Å²) < 4.78 is 0. The summed E-state index contributed by atoms with van der Waals surface area (Å²) in [6.07, 6.45) is 0.609. The van der Waals surface area contributed by atoms with Gasteiger partial charge in [0.05, 0.1) is 12.0 Å². The first-order valence-corrected chi connectivity index (χ1v) is 6.35. The number of nitriles is 1. The highest BCUT2D eigenvalue weighted by atomic mass is 35.5. The second kappa shape index (κ2) is 5.91. The summed E-state index contributed by atoms with van der Waals surface area (Å²) in [6, 6.07) is 17.3. The fourth-order valence-corrected chi connectivity index (χ4v) is 2.16. The maximum absolute atomic E-state index is 9.27. The number of hydrogen-bond donors (Lipinski definition) is 0. The van der Waals surface area contributed by atoms with Crippen molar-refractivity contribution in [3.05, 3.63) is 69.7 Å². The van der Waals surface area contributed by atoms with Crippen molar-refractivity contribution in [1.29, 1.82) is 5.26 Å². The number of hydrogen-bond acceptors (Lipinski definition) is 1. The van der Waals surface area contributed by atoms with E-state index in [-0.39, 0.29) is 5.92 Å². The number of rotatable bonds is 3. The monoisotopic (exact) mass is 275 g/mol. The van der Waals surface area contributed by atoms with Gasteiger partial charge in [-0.05, 0) is 35.7 Å². The third-order valence-corrected chi connectivity index (χ3v) is 3.43. The summed E-state index contributed by atoms with van der Waals surface area (Å²) >= 11 is 11.9. The molecular weight excluding hydrogens is 265 g/mol. The average Bonchev–Trinajstić information content (AvgIpc) is 2.39. The topological polar surface area (TPSA) is 23.8 Å². The third kappa shape index (κ3) is 3.04. The molecule has 1 atom stereocenters. The van der Waals surface area contributed by atoms with Gasteiger partial charge in [-0.2, -0.15) is 5.26 Å². The molecule has 0 saturated heterocycles. The third-order valence-electron chi connectivity index (χ3n) is 2.81. The fraction of sp³-hybridized carbons (Fsp3) is 0.133. The van der Waals surface area contributed by atoms with Gasteiger partial charge in [0.25, 0.3) is 0 Å². The number of nitrogens with zero attached hydrogens (tertiary/aromatic N) is 1. The Hall–Kier alpha value is -1.49. The zero-order valence-corrected chi connectivity index (χ0v) is 11.1. The van der Waals surface area contributed by atoms with Crippen LogP contribution in [0.3, 0.4) is 0 Å². The summed E-state index contributed by atoms with van der Waals surface area (Å²) in [5, 5.41) is 10.6. The largest absolute Gasteiger partial charge is 0.198 e. The maximum Gasteiger partial charge on any atom is 0.0753 e. The van der Waals surface area contributed by atoms with E-state index in [0.29, 0.717) is 16.5 Å². The van der Waals surface area contributed by atoms with Gasteiger partial charge in [0.15, 0.2) is 0 Å². The molecule has 0 N–H and O–H groups in total. The van der Waals surface area contributed by atoms with Crippen molar-refractivity contribution in [2.24, 2.45) is 0 Å². The predicted molar refractivity (Wildman–Crippen MR) is 75.0 cm³/mol. The lowest BCUT2D eigenvalue weighted by Crippen LogP contribution is -2.00. The van der Waals surface area contributed by atoms with E-state index in [1.165, 1.54) is 0 Å². The van der Waals surface area contributed by atoms with Crippen LogP contribution in [0.1, 0.15) is 17.0 Å². The summed E-state index contributed by atoms with van der Waals surface area (Å²) in [5.74, 6) is -0.206. The molecule has 2 aromatic carbocycles. The van der Waals surface area contributed by atoms with Crippen LogP contribution in [0.15, 0.2) is 48.5 Å². The Morgan fingerprint density at radius 2 is 1.67 bits per heavy atom. The first-order valence-electron chi connectivity index (χ1n) is 5.59. The summed E-state index contributed by atoms with van der Waals surface area (Å²) in [5.41, 5.74) is 1.95. The molecule has 0 unspecified atom stereocenters. The molecule has 1 nitrogen and oxygen atoms in total. The van der Waals surface area contributed by atoms with Gasteiger partial charge in [0, 0.05) is 10.0 Å². The van der Waals surface area contributed by atoms with Crippen LogP contribution in [0.2, 0.25) is 10.0 Å².